The fraction of sp³-hybridized carbons (Fsp3) is 0.556. The molecule has 1 fully saturated rings. The van der Waals surface area contributed by atoms with Crippen LogP contribution in [0.1, 0.15) is 58.8 Å². The normalized spacial score (nSPS) is 17.9. The lowest BCUT2D eigenvalue weighted by molar-refractivity contribution is 0.0988. The second-order valence-corrected chi connectivity index (χ2v) is 9.26. The SMILES string of the molecule is CC(=O)c1c(C)[nH]c(C(=O)C(C)Sc2nnc(NCC3CCCO3)s2)c1C. The first kappa shape index (κ1) is 20.0. The van der Waals surface area contributed by atoms with Crippen molar-refractivity contribution in [3.05, 3.63) is 22.5 Å². The molecule has 1 aliphatic rings. The van der Waals surface area contributed by atoms with E-state index in [1.807, 2.05) is 20.8 Å². The third-order valence-corrected chi connectivity index (χ3v) is 6.66. The van der Waals surface area contributed by atoms with Gasteiger partial charge in [-0.05, 0) is 46.1 Å². The highest BCUT2D eigenvalue weighted by Gasteiger charge is 2.25. The minimum atomic E-state index is -0.333. The molecule has 7 nitrogen and oxygen atoms in total. The summed E-state index contributed by atoms with van der Waals surface area (Å²) in [6.45, 7) is 8.53. The zero-order valence-corrected chi connectivity index (χ0v) is 17.6. The monoisotopic (exact) mass is 408 g/mol. The van der Waals surface area contributed by atoms with Gasteiger partial charge in [-0.25, -0.2) is 0 Å². The number of hydrogen-bond donors (Lipinski definition) is 2. The summed E-state index contributed by atoms with van der Waals surface area (Å²) in [6.07, 6.45) is 2.41. The van der Waals surface area contributed by atoms with E-state index in [2.05, 4.69) is 20.5 Å². The van der Waals surface area contributed by atoms with Crippen LogP contribution in [0.2, 0.25) is 0 Å². The van der Waals surface area contributed by atoms with Crippen molar-refractivity contribution in [3.63, 3.8) is 0 Å². The van der Waals surface area contributed by atoms with Crippen LogP contribution in [0.5, 0.6) is 0 Å². The Labute approximate surface area is 166 Å². The van der Waals surface area contributed by atoms with Crippen molar-refractivity contribution in [2.45, 2.75) is 56.2 Å². The molecule has 2 N–H and O–H groups in total. The van der Waals surface area contributed by atoms with Gasteiger partial charge in [0.05, 0.1) is 17.0 Å². The van der Waals surface area contributed by atoms with E-state index in [1.165, 1.54) is 30.0 Å². The Bertz CT molecular complexity index is 840. The first-order valence-electron chi connectivity index (χ1n) is 8.96. The molecular weight excluding hydrogens is 384 g/mol. The average molecular weight is 409 g/mol. The van der Waals surface area contributed by atoms with Crippen molar-refractivity contribution in [1.29, 1.82) is 0 Å². The highest BCUT2D eigenvalue weighted by Crippen LogP contribution is 2.31. The molecule has 27 heavy (non-hydrogen) atoms. The Morgan fingerprint density at radius 1 is 1.41 bits per heavy atom. The number of ketones is 2. The van der Waals surface area contributed by atoms with Gasteiger partial charge in [0.25, 0.3) is 0 Å². The van der Waals surface area contributed by atoms with Crippen LogP contribution in [0.3, 0.4) is 0 Å². The molecule has 0 saturated carbocycles. The van der Waals surface area contributed by atoms with Crippen molar-refractivity contribution in [3.8, 4) is 0 Å². The maximum atomic E-state index is 12.8. The molecule has 2 unspecified atom stereocenters. The summed E-state index contributed by atoms with van der Waals surface area (Å²) in [6, 6.07) is 0. The first-order chi connectivity index (χ1) is 12.9. The summed E-state index contributed by atoms with van der Waals surface area (Å²) in [5, 5.41) is 12.0. The minimum absolute atomic E-state index is 0.0355. The van der Waals surface area contributed by atoms with E-state index in [0.29, 0.717) is 16.8 Å². The van der Waals surface area contributed by atoms with E-state index in [0.717, 1.165) is 41.2 Å². The number of carbonyl (C=O) groups is 2. The number of aromatic nitrogens is 3. The predicted octanol–water partition coefficient (Wildman–Crippen LogP) is 3.64. The largest absolute Gasteiger partial charge is 0.376 e. The molecule has 0 amide bonds. The van der Waals surface area contributed by atoms with Crippen molar-refractivity contribution < 1.29 is 14.3 Å². The Kier molecular flexibility index (Phi) is 6.33. The van der Waals surface area contributed by atoms with Crippen LogP contribution in [-0.2, 0) is 4.74 Å². The van der Waals surface area contributed by atoms with Crippen LogP contribution >= 0.6 is 23.1 Å². The maximum absolute atomic E-state index is 12.8. The molecule has 0 radical (unpaired) electrons. The number of Topliss-reactive ketones (excluding diaryl/α,β-unsaturated/α-hetero) is 2. The number of rotatable bonds is 8. The second-order valence-electron chi connectivity index (χ2n) is 6.69. The van der Waals surface area contributed by atoms with E-state index in [1.54, 1.807) is 0 Å². The molecule has 2 aromatic heterocycles. The highest BCUT2D eigenvalue weighted by molar-refractivity contribution is 8.02. The molecule has 2 atom stereocenters. The summed E-state index contributed by atoms with van der Waals surface area (Å²) >= 11 is 2.81. The molecule has 9 heteroatoms. The summed E-state index contributed by atoms with van der Waals surface area (Å²) in [4.78, 5) is 27.7. The third kappa shape index (κ3) is 4.59. The third-order valence-electron chi connectivity index (χ3n) is 4.59. The number of aromatic amines is 1. The van der Waals surface area contributed by atoms with Gasteiger partial charge in [-0.3, -0.25) is 9.59 Å². The van der Waals surface area contributed by atoms with Gasteiger partial charge in [0.15, 0.2) is 15.9 Å². The number of nitrogens with one attached hydrogen (secondary N) is 2. The van der Waals surface area contributed by atoms with Gasteiger partial charge >= 0.3 is 0 Å². The van der Waals surface area contributed by atoms with Gasteiger partial charge in [0.1, 0.15) is 0 Å². The molecule has 0 spiro atoms. The Hall–Kier alpha value is -1.71. The van der Waals surface area contributed by atoms with Crippen LogP contribution in [0.4, 0.5) is 5.13 Å². The Morgan fingerprint density at radius 2 is 2.19 bits per heavy atom. The minimum Gasteiger partial charge on any atom is -0.376 e. The van der Waals surface area contributed by atoms with Crippen LogP contribution in [0, 0.1) is 13.8 Å². The van der Waals surface area contributed by atoms with Crippen molar-refractivity contribution in [2.24, 2.45) is 0 Å². The molecular formula is C18H24N4O3S2. The van der Waals surface area contributed by atoms with Gasteiger partial charge in [-0.2, -0.15) is 0 Å². The fourth-order valence-corrected chi connectivity index (χ4v) is 5.23. The summed E-state index contributed by atoms with van der Waals surface area (Å²) in [7, 11) is 0. The molecule has 0 aliphatic carbocycles. The van der Waals surface area contributed by atoms with E-state index in [9.17, 15) is 9.59 Å². The number of carbonyl (C=O) groups excluding carboxylic acids is 2. The summed E-state index contributed by atoms with van der Waals surface area (Å²) < 4.78 is 6.32. The van der Waals surface area contributed by atoms with Crippen LogP contribution in [0.25, 0.3) is 0 Å². The van der Waals surface area contributed by atoms with E-state index >= 15 is 0 Å². The average Bonchev–Trinajstić information content (AvgIpc) is 3.33. The zero-order valence-electron chi connectivity index (χ0n) is 15.9. The first-order valence-corrected chi connectivity index (χ1v) is 10.7. The van der Waals surface area contributed by atoms with Gasteiger partial charge in [0, 0.05) is 24.4 Å². The van der Waals surface area contributed by atoms with Gasteiger partial charge in [-0.15, -0.1) is 10.2 Å². The van der Waals surface area contributed by atoms with E-state index in [4.69, 9.17) is 4.74 Å². The molecule has 1 aliphatic heterocycles. The summed E-state index contributed by atoms with van der Waals surface area (Å²) in [5.74, 6) is -0.0798. The van der Waals surface area contributed by atoms with E-state index in [-0.39, 0.29) is 22.9 Å². The number of thioether (sulfide) groups is 1. The Balaban J connectivity index is 1.61. The van der Waals surface area contributed by atoms with Crippen LogP contribution in [-0.4, -0.2) is 51.3 Å². The number of anilines is 1. The lowest BCUT2D eigenvalue weighted by atomic mass is 10.0. The van der Waals surface area contributed by atoms with Gasteiger partial charge < -0.3 is 15.0 Å². The standard InChI is InChI=1S/C18H24N4O3S2/c1-9-14(11(3)23)10(2)20-15(9)16(24)12(4)26-18-22-21-17(27-18)19-8-13-6-5-7-25-13/h12-13,20H,5-8H2,1-4H3,(H,19,21). The molecule has 146 valence electrons. The number of aryl methyl sites for hydroxylation is 1. The number of ether oxygens (including phenoxy) is 1. The predicted molar refractivity (Wildman–Crippen MR) is 107 cm³/mol. The highest BCUT2D eigenvalue weighted by atomic mass is 32.2. The number of hydrogen-bond acceptors (Lipinski definition) is 8. The quantitative estimate of drug-likeness (QED) is 0.508. The van der Waals surface area contributed by atoms with Gasteiger partial charge in [-0.1, -0.05) is 23.1 Å². The molecule has 0 bridgehead atoms. The summed E-state index contributed by atoms with van der Waals surface area (Å²) in [5.41, 5.74) is 2.55. The molecule has 0 aromatic carbocycles. The lowest BCUT2D eigenvalue weighted by Gasteiger charge is -2.09. The van der Waals surface area contributed by atoms with Crippen LogP contribution < -0.4 is 5.32 Å². The Morgan fingerprint density at radius 3 is 2.81 bits per heavy atom. The topological polar surface area (TPSA) is 97.0 Å². The second kappa shape index (κ2) is 8.53. The fourth-order valence-electron chi connectivity index (χ4n) is 3.27. The zero-order chi connectivity index (χ0) is 19.6. The van der Waals surface area contributed by atoms with Crippen LogP contribution in [0.15, 0.2) is 4.34 Å². The number of nitrogens with zero attached hydrogens (tertiary/aromatic N) is 2. The smallest absolute Gasteiger partial charge is 0.206 e. The van der Waals surface area contributed by atoms with Gasteiger partial charge in [0.2, 0.25) is 5.13 Å². The molecule has 1 saturated heterocycles. The number of H-pyrrole nitrogens is 1. The molecule has 2 aromatic rings. The van der Waals surface area contributed by atoms with Crippen molar-refractivity contribution in [1.82, 2.24) is 15.2 Å². The molecule has 3 heterocycles. The molecule has 3 rings (SSSR count). The van der Waals surface area contributed by atoms with Crippen molar-refractivity contribution >= 4 is 39.8 Å². The van der Waals surface area contributed by atoms with Crippen molar-refractivity contribution in [2.75, 3.05) is 18.5 Å². The lowest BCUT2D eigenvalue weighted by Crippen LogP contribution is -2.18. The van der Waals surface area contributed by atoms with E-state index < -0.39 is 0 Å². The maximum Gasteiger partial charge on any atom is 0.206 e.